The van der Waals surface area contributed by atoms with Crippen LogP contribution in [0.2, 0.25) is 0 Å². The first-order valence-electron chi connectivity index (χ1n) is 7.03. The third-order valence-corrected chi connectivity index (χ3v) is 6.79. The van der Waals surface area contributed by atoms with E-state index >= 15 is 0 Å². The second kappa shape index (κ2) is 2.85. The Hall–Kier alpha value is -0.0400. The summed E-state index contributed by atoms with van der Waals surface area (Å²) in [5.74, 6) is 2.29. The average molecular weight is 222 g/mol. The Kier molecular flexibility index (Phi) is 1.98. The third kappa shape index (κ3) is 1.06. The van der Waals surface area contributed by atoms with Crippen LogP contribution in [0.1, 0.15) is 59.8 Å². The van der Waals surface area contributed by atoms with Crippen LogP contribution in [0.15, 0.2) is 0 Å². The van der Waals surface area contributed by atoms with Crippen molar-refractivity contribution in [2.45, 2.75) is 65.4 Å². The van der Waals surface area contributed by atoms with Crippen LogP contribution in [0.3, 0.4) is 0 Å². The van der Waals surface area contributed by atoms with E-state index in [1.165, 1.54) is 25.7 Å². The molecule has 1 nitrogen and oxygen atoms in total. The van der Waals surface area contributed by atoms with Crippen LogP contribution in [0.5, 0.6) is 0 Å². The first-order chi connectivity index (χ1) is 7.31. The zero-order valence-corrected chi connectivity index (χ0v) is 11.2. The summed E-state index contributed by atoms with van der Waals surface area (Å²) in [6.07, 6.45) is 6.41. The lowest BCUT2D eigenvalue weighted by atomic mass is 9.64. The fourth-order valence-corrected chi connectivity index (χ4v) is 5.88. The molecule has 1 heteroatoms. The number of rotatable bonds is 0. The molecule has 0 aliphatic heterocycles. The number of hydrogen-bond acceptors (Lipinski definition) is 1. The van der Waals surface area contributed by atoms with Gasteiger partial charge in [-0.1, -0.05) is 20.8 Å². The molecule has 1 N–H and O–H groups in total. The van der Waals surface area contributed by atoms with Crippen LogP contribution in [0.25, 0.3) is 0 Å². The van der Waals surface area contributed by atoms with Gasteiger partial charge in [-0.2, -0.15) is 0 Å². The topological polar surface area (TPSA) is 20.2 Å². The lowest BCUT2D eigenvalue weighted by Gasteiger charge is -2.44. The molecule has 0 aromatic heterocycles. The van der Waals surface area contributed by atoms with Gasteiger partial charge in [-0.05, 0) is 67.6 Å². The van der Waals surface area contributed by atoms with Gasteiger partial charge in [0.15, 0.2) is 0 Å². The predicted molar refractivity (Wildman–Crippen MR) is 66.1 cm³/mol. The fourth-order valence-electron chi connectivity index (χ4n) is 5.88. The van der Waals surface area contributed by atoms with Gasteiger partial charge in [0.25, 0.3) is 0 Å². The average Bonchev–Trinajstić information content (AvgIpc) is 2.58. The molecule has 3 aliphatic rings. The summed E-state index contributed by atoms with van der Waals surface area (Å²) in [6.45, 7) is 9.38. The number of fused-ring (bicyclic) bond motifs is 1. The monoisotopic (exact) mass is 222 g/mol. The van der Waals surface area contributed by atoms with Gasteiger partial charge in [0, 0.05) is 0 Å². The maximum atomic E-state index is 10.6. The quantitative estimate of drug-likeness (QED) is 0.664. The van der Waals surface area contributed by atoms with E-state index in [2.05, 4.69) is 27.7 Å². The zero-order chi connectivity index (χ0) is 11.8. The summed E-state index contributed by atoms with van der Waals surface area (Å²) in [4.78, 5) is 0. The Morgan fingerprint density at radius 3 is 2.38 bits per heavy atom. The van der Waals surface area contributed by atoms with Gasteiger partial charge in [-0.25, -0.2) is 0 Å². The minimum absolute atomic E-state index is 0.352. The summed E-state index contributed by atoms with van der Waals surface area (Å²) in [5.41, 5.74) is 0.542. The van der Waals surface area contributed by atoms with Crippen molar-refractivity contribution >= 4 is 0 Å². The second-order valence-corrected chi connectivity index (χ2v) is 7.70. The highest BCUT2D eigenvalue weighted by Crippen LogP contribution is 2.73. The molecule has 0 aromatic carbocycles. The lowest BCUT2D eigenvalue weighted by molar-refractivity contribution is -0.0717. The van der Waals surface area contributed by atoms with Crippen molar-refractivity contribution in [1.82, 2.24) is 0 Å². The summed E-state index contributed by atoms with van der Waals surface area (Å²) in [6, 6.07) is 0. The van der Waals surface area contributed by atoms with E-state index in [0.29, 0.717) is 16.7 Å². The number of hydrogen-bond donors (Lipinski definition) is 1. The molecule has 1 unspecified atom stereocenters. The van der Waals surface area contributed by atoms with Crippen molar-refractivity contribution in [3.63, 3.8) is 0 Å². The summed E-state index contributed by atoms with van der Waals surface area (Å²) in [5, 5.41) is 10.6. The minimum atomic E-state index is -0.404. The van der Waals surface area contributed by atoms with Crippen molar-refractivity contribution in [2.24, 2.45) is 28.6 Å². The van der Waals surface area contributed by atoms with Gasteiger partial charge in [0.1, 0.15) is 0 Å². The molecular formula is C15H26O. The van der Waals surface area contributed by atoms with E-state index in [0.717, 1.165) is 18.3 Å². The maximum absolute atomic E-state index is 10.6. The first-order valence-corrected chi connectivity index (χ1v) is 7.03. The van der Waals surface area contributed by atoms with Crippen LogP contribution in [-0.2, 0) is 0 Å². The van der Waals surface area contributed by atoms with E-state index < -0.39 is 5.60 Å². The van der Waals surface area contributed by atoms with Gasteiger partial charge in [-0.3, -0.25) is 0 Å². The highest BCUT2D eigenvalue weighted by atomic mass is 16.3. The highest BCUT2D eigenvalue weighted by molar-refractivity contribution is 5.16. The van der Waals surface area contributed by atoms with Crippen LogP contribution in [-0.4, -0.2) is 10.7 Å². The lowest BCUT2D eigenvalue weighted by Crippen LogP contribution is -2.44. The van der Waals surface area contributed by atoms with Crippen molar-refractivity contribution in [2.75, 3.05) is 0 Å². The van der Waals surface area contributed by atoms with Gasteiger partial charge < -0.3 is 5.11 Å². The smallest absolute Gasteiger partial charge is 0.0653 e. The van der Waals surface area contributed by atoms with Crippen molar-refractivity contribution in [1.29, 1.82) is 0 Å². The molecule has 3 saturated carbocycles. The van der Waals surface area contributed by atoms with Crippen LogP contribution < -0.4 is 0 Å². The molecule has 2 bridgehead atoms. The maximum Gasteiger partial charge on any atom is 0.0653 e. The van der Waals surface area contributed by atoms with Gasteiger partial charge in [0.05, 0.1) is 5.60 Å². The summed E-state index contributed by atoms with van der Waals surface area (Å²) < 4.78 is 0. The largest absolute Gasteiger partial charge is 0.390 e. The molecule has 0 saturated heterocycles. The van der Waals surface area contributed by atoms with E-state index in [9.17, 15) is 5.11 Å². The molecule has 3 aliphatic carbocycles. The highest BCUT2D eigenvalue weighted by Gasteiger charge is 2.67. The van der Waals surface area contributed by atoms with Crippen molar-refractivity contribution < 1.29 is 5.11 Å². The Morgan fingerprint density at radius 2 is 1.69 bits per heavy atom. The Labute approximate surface area is 99.6 Å². The molecule has 0 heterocycles. The van der Waals surface area contributed by atoms with Crippen LogP contribution in [0, 0.1) is 28.6 Å². The van der Waals surface area contributed by atoms with E-state index in [-0.39, 0.29) is 0 Å². The summed E-state index contributed by atoms with van der Waals surface area (Å²) in [7, 11) is 0. The van der Waals surface area contributed by atoms with E-state index in [1.54, 1.807) is 0 Å². The SMILES string of the molecule is C[C@@H]1CCC2C(C)(C)[C@H]3C[C@]21CC[C@@]3(C)O. The molecule has 0 aromatic rings. The molecule has 92 valence electrons. The standard InChI is InChI=1S/C15H26O/c1-10-5-6-11-13(2,3)12-9-15(10,11)8-7-14(12,4)16/h10-12,16H,5-9H2,1-4H3/t10-,11?,12-,14-,15+/m1/s1. The third-order valence-electron chi connectivity index (χ3n) is 6.79. The predicted octanol–water partition coefficient (Wildman–Crippen LogP) is 3.61. The van der Waals surface area contributed by atoms with Crippen LogP contribution in [0.4, 0.5) is 0 Å². The van der Waals surface area contributed by atoms with E-state index in [4.69, 9.17) is 0 Å². The molecular weight excluding hydrogens is 196 g/mol. The Morgan fingerprint density at radius 1 is 1.00 bits per heavy atom. The molecule has 3 fully saturated rings. The normalized spacial score (nSPS) is 58.7. The van der Waals surface area contributed by atoms with Crippen molar-refractivity contribution in [3.8, 4) is 0 Å². The summed E-state index contributed by atoms with van der Waals surface area (Å²) >= 11 is 0. The second-order valence-electron chi connectivity index (χ2n) is 7.70. The van der Waals surface area contributed by atoms with Gasteiger partial charge in [-0.15, -0.1) is 0 Å². The molecule has 1 spiro atoms. The van der Waals surface area contributed by atoms with Gasteiger partial charge in [0.2, 0.25) is 0 Å². The molecule has 16 heavy (non-hydrogen) atoms. The zero-order valence-electron chi connectivity index (χ0n) is 11.2. The number of aliphatic hydroxyl groups is 1. The molecule has 5 atom stereocenters. The Balaban J connectivity index is 2.07. The first kappa shape index (κ1) is 11.1. The molecule has 3 rings (SSSR count). The minimum Gasteiger partial charge on any atom is -0.390 e. The molecule has 0 radical (unpaired) electrons. The van der Waals surface area contributed by atoms with Crippen molar-refractivity contribution in [3.05, 3.63) is 0 Å². The van der Waals surface area contributed by atoms with Gasteiger partial charge >= 0.3 is 0 Å². The van der Waals surface area contributed by atoms with Crippen LogP contribution >= 0.6 is 0 Å². The molecule has 0 amide bonds. The Bertz CT molecular complexity index is 313. The fraction of sp³-hybridized carbons (Fsp3) is 1.00. The van der Waals surface area contributed by atoms with E-state index in [1.807, 2.05) is 0 Å².